The molecular formula is C39H34N2O2S. The van der Waals surface area contributed by atoms with Gasteiger partial charge in [-0.1, -0.05) is 103 Å². The maximum absolute atomic E-state index is 11.2. The summed E-state index contributed by atoms with van der Waals surface area (Å²) in [4.78, 5) is 12.1. The minimum atomic E-state index is -0.987. The molecule has 0 radical (unpaired) electrons. The molecule has 0 saturated heterocycles. The number of aromatic carboxylic acids is 1. The first kappa shape index (κ1) is 30.3. The normalized spacial score (nSPS) is 13.1. The molecule has 1 unspecified atom stereocenters. The number of hydrogen-bond donors (Lipinski definition) is 2. The van der Waals surface area contributed by atoms with Crippen molar-refractivity contribution in [2.24, 2.45) is 0 Å². The molecule has 5 heteroatoms. The molecule has 1 heterocycles. The predicted molar refractivity (Wildman–Crippen MR) is 184 cm³/mol. The van der Waals surface area contributed by atoms with Crippen molar-refractivity contribution in [1.82, 2.24) is 0 Å². The van der Waals surface area contributed by atoms with Gasteiger partial charge in [0.2, 0.25) is 0 Å². The monoisotopic (exact) mass is 594 g/mol. The SMILES string of the molecule is CCC(C)(Nc1ccc(/C=C(\c2ccccc2)c2ccc(C)cc2)cc1)c1ccc(/C=C(\C#N)c2ccc(C(=O)O)s2)cc1. The Morgan fingerprint density at radius 3 is 2.00 bits per heavy atom. The molecule has 5 aromatic rings. The standard InChI is InChI=1S/C39H34N2O2S/c1-4-39(3,33-18-12-28(13-19-33)24-32(26-40)36-22-23-37(44-36)38(42)43)41-34-20-14-29(15-21-34)25-35(30-8-6-5-7-9-30)31-16-10-27(2)11-17-31/h5-25,41H,4H2,1-3H3,(H,42,43)/b32-24+,35-25+. The van der Waals surface area contributed by atoms with E-state index in [0.717, 1.165) is 40.1 Å². The van der Waals surface area contributed by atoms with Gasteiger partial charge in [-0.05, 0) is 90.1 Å². The second-order valence-corrected chi connectivity index (χ2v) is 12.1. The van der Waals surface area contributed by atoms with Crippen LogP contribution in [0.4, 0.5) is 5.69 Å². The number of benzene rings is 4. The van der Waals surface area contributed by atoms with E-state index in [0.29, 0.717) is 10.5 Å². The molecule has 2 N–H and O–H groups in total. The number of nitrogens with zero attached hydrogens (tertiary/aromatic N) is 1. The summed E-state index contributed by atoms with van der Waals surface area (Å²) in [5.74, 6) is -0.987. The van der Waals surface area contributed by atoms with Crippen molar-refractivity contribution < 1.29 is 9.90 Å². The van der Waals surface area contributed by atoms with Gasteiger partial charge in [-0.3, -0.25) is 0 Å². The van der Waals surface area contributed by atoms with Crippen LogP contribution in [0.5, 0.6) is 0 Å². The molecule has 5 rings (SSSR count). The molecule has 4 nitrogen and oxygen atoms in total. The molecule has 0 bridgehead atoms. The number of anilines is 1. The molecule has 44 heavy (non-hydrogen) atoms. The van der Waals surface area contributed by atoms with Crippen LogP contribution in [0, 0.1) is 18.3 Å². The van der Waals surface area contributed by atoms with Crippen LogP contribution < -0.4 is 5.32 Å². The maximum Gasteiger partial charge on any atom is 0.345 e. The zero-order valence-electron chi connectivity index (χ0n) is 25.0. The Hall–Kier alpha value is -5.18. The summed E-state index contributed by atoms with van der Waals surface area (Å²) in [5, 5.41) is 22.7. The molecule has 0 fully saturated rings. The Labute approximate surface area is 263 Å². The number of carboxylic acids is 1. The van der Waals surface area contributed by atoms with Gasteiger partial charge in [-0.15, -0.1) is 11.3 Å². The molecule has 0 aliphatic rings. The quantitative estimate of drug-likeness (QED) is 0.125. The van der Waals surface area contributed by atoms with Crippen LogP contribution >= 0.6 is 11.3 Å². The topological polar surface area (TPSA) is 73.1 Å². The molecule has 4 aromatic carbocycles. The average Bonchev–Trinajstić information content (AvgIpc) is 3.55. The highest BCUT2D eigenvalue weighted by atomic mass is 32.1. The minimum Gasteiger partial charge on any atom is -0.477 e. The number of aryl methyl sites for hydroxylation is 1. The van der Waals surface area contributed by atoms with Crippen LogP contribution in [0.3, 0.4) is 0 Å². The van der Waals surface area contributed by atoms with Crippen LogP contribution in [0.1, 0.15) is 68.2 Å². The number of hydrogen-bond acceptors (Lipinski definition) is 4. The smallest absolute Gasteiger partial charge is 0.345 e. The molecule has 0 spiro atoms. The minimum absolute atomic E-state index is 0.216. The van der Waals surface area contributed by atoms with Crippen LogP contribution in [0.2, 0.25) is 0 Å². The van der Waals surface area contributed by atoms with Gasteiger partial charge < -0.3 is 10.4 Å². The van der Waals surface area contributed by atoms with Crippen molar-refractivity contribution in [2.45, 2.75) is 32.7 Å². The van der Waals surface area contributed by atoms with Crippen molar-refractivity contribution in [3.63, 3.8) is 0 Å². The number of rotatable bonds is 10. The van der Waals surface area contributed by atoms with E-state index in [1.165, 1.54) is 28.3 Å². The Bertz CT molecular complexity index is 1840. The van der Waals surface area contributed by atoms with E-state index in [2.05, 4.69) is 123 Å². The number of nitrogens with one attached hydrogen (secondary N) is 1. The summed E-state index contributed by atoms with van der Waals surface area (Å²) in [7, 11) is 0. The Balaban J connectivity index is 1.35. The number of nitriles is 1. The van der Waals surface area contributed by atoms with E-state index in [4.69, 9.17) is 0 Å². The van der Waals surface area contributed by atoms with Crippen molar-refractivity contribution in [1.29, 1.82) is 5.26 Å². The van der Waals surface area contributed by atoms with Gasteiger partial charge in [0.25, 0.3) is 0 Å². The van der Waals surface area contributed by atoms with E-state index in [-0.39, 0.29) is 10.4 Å². The largest absolute Gasteiger partial charge is 0.477 e. The third kappa shape index (κ3) is 7.06. The molecule has 0 saturated carbocycles. The fourth-order valence-electron chi connectivity index (χ4n) is 5.07. The zero-order chi connectivity index (χ0) is 31.1. The van der Waals surface area contributed by atoms with E-state index in [1.807, 2.05) is 18.2 Å². The highest BCUT2D eigenvalue weighted by molar-refractivity contribution is 7.15. The number of allylic oxidation sites excluding steroid dienone is 1. The number of carbonyl (C=O) groups is 1. The summed E-state index contributed by atoms with van der Waals surface area (Å²) in [6.07, 6.45) is 4.90. The average molecular weight is 595 g/mol. The number of thiophene rings is 1. The Kier molecular flexibility index (Phi) is 9.23. The van der Waals surface area contributed by atoms with Gasteiger partial charge in [-0.25, -0.2) is 4.79 Å². The van der Waals surface area contributed by atoms with Crippen molar-refractivity contribution in [3.05, 3.63) is 158 Å². The van der Waals surface area contributed by atoms with E-state index in [9.17, 15) is 15.2 Å². The van der Waals surface area contributed by atoms with E-state index < -0.39 is 5.97 Å². The van der Waals surface area contributed by atoms with Gasteiger partial charge in [0.05, 0.1) is 11.1 Å². The third-order valence-electron chi connectivity index (χ3n) is 7.86. The second kappa shape index (κ2) is 13.4. The highest BCUT2D eigenvalue weighted by Crippen LogP contribution is 2.32. The summed E-state index contributed by atoms with van der Waals surface area (Å²) in [5.41, 5.74) is 9.09. The van der Waals surface area contributed by atoms with Crippen LogP contribution in [0.25, 0.3) is 23.3 Å². The lowest BCUT2D eigenvalue weighted by atomic mass is 9.88. The molecule has 0 aliphatic heterocycles. The molecule has 218 valence electrons. The van der Waals surface area contributed by atoms with Gasteiger partial charge >= 0.3 is 5.97 Å². The van der Waals surface area contributed by atoms with E-state index >= 15 is 0 Å². The lowest BCUT2D eigenvalue weighted by Gasteiger charge is -2.32. The van der Waals surface area contributed by atoms with Crippen LogP contribution in [-0.2, 0) is 5.54 Å². The first-order valence-corrected chi connectivity index (χ1v) is 15.4. The summed E-state index contributed by atoms with van der Waals surface area (Å²) < 4.78 is 0. The second-order valence-electron chi connectivity index (χ2n) is 11.0. The van der Waals surface area contributed by atoms with Gasteiger partial charge in [0.15, 0.2) is 0 Å². The predicted octanol–water partition coefficient (Wildman–Crippen LogP) is 10.1. The maximum atomic E-state index is 11.2. The number of carboxylic acid groups (broad SMARTS) is 1. The van der Waals surface area contributed by atoms with Crippen molar-refractivity contribution >= 4 is 46.3 Å². The Morgan fingerprint density at radius 2 is 1.41 bits per heavy atom. The van der Waals surface area contributed by atoms with Gasteiger partial charge in [-0.2, -0.15) is 5.26 Å². The van der Waals surface area contributed by atoms with E-state index in [1.54, 1.807) is 12.1 Å². The summed E-state index contributed by atoms with van der Waals surface area (Å²) in [6.45, 7) is 6.46. The fraction of sp³-hybridized carbons (Fsp3) is 0.128. The highest BCUT2D eigenvalue weighted by Gasteiger charge is 2.24. The summed E-state index contributed by atoms with van der Waals surface area (Å²) in [6, 6.07) is 41.3. The fourth-order valence-corrected chi connectivity index (χ4v) is 5.88. The van der Waals surface area contributed by atoms with Crippen LogP contribution in [-0.4, -0.2) is 11.1 Å². The first-order valence-electron chi connectivity index (χ1n) is 14.6. The molecule has 0 aliphatic carbocycles. The van der Waals surface area contributed by atoms with Crippen molar-refractivity contribution in [3.8, 4) is 6.07 Å². The van der Waals surface area contributed by atoms with Crippen LogP contribution in [0.15, 0.2) is 115 Å². The molecular weight excluding hydrogens is 561 g/mol. The van der Waals surface area contributed by atoms with Gasteiger partial charge in [0, 0.05) is 10.6 Å². The first-order chi connectivity index (χ1) is 21.3. The summed E-state index contributed by atoms with van der Waals surface area (Å²) >= 11 is 1.10. The Morgan fingerprint density at radius 1 is 0.818 bits per heavy atom. The molecule has 0 amide bonds. The third-order valence-corrected chi connectivity index (χ3v) is 8.96. The lowest BCUT2D eigenvalue weighted by molar-refractivity contribution is 0.0702. The zero-order valence-corrected chi connectivity index (χ0v) is 25.9. The lowest BCUT2D eigenvalue weighted by Crippen LogP contribution is -2.31. The van der Waals surface area contributed by atoms with Crippen molar-refractivity contribution in [2.75, 3.05) is 5.32 Å². The molecule has 1 atom stereocenters. The van der Waals surface area contributed by atoms with Gasteiger partial charge in [0.1, 0.15) is 10.9 Å². The molecule has 1 aromatic heterocycles.